The molecule has 4 nitrogen and oxygen atoms in total. The second-order valence-electron chi connectivity index (χ2n) is 6.34. The number of para-hydroxylation sites is 1. The fourth-order valence-corrected chi connectivity index (χ4v) is 4.07. The van der Waals surface area contributed by atoms with Crippen molar-refractivity contribution in [1.29, 1.82) is 0 Å². The molecule has 1 aromatic heterocycles. The minimum Gasteiger partial charge on any atom is -0.312 e. The number of aryl methyl sites for hydroxylation is 1. The minimum absolute atomic E-state index is 0.369. The van der Waals surface area contributed by atoms with Gasteiger partial charge in [-0.05, 0) is 42.3 Å². The van der Waals surface area contributed by atoms with Crippen LogP contribution in [0.15, 0.2) is 83.9 Å². The van der Waals surface area contributed by atoms with Crippen LogP contribution in [0.1, 0.15) is 11.1 Å². The van der Waals surface area contributed by atoms with E-state index in [0.717, 1.165) is 15.9 Å². The number of aromatic nitrogens is 1. The lowest BCUT2D eigenvalue weighted by molar-refractivity contribution is 0.259. The van der Waals surface area contributed by atoms with E-state index in [1.165, 1.54) is 22.5 Å². The Morgan fingerprint density at radius 3 is 2.44 bits per heavy atom. The van der Waals surface area contributed by atoms with Crippen molar-refractivity contribution in [2.75, 3.05) is 5.32 Å². The Bertz CT molecular complexity index is 1140. The summed E-state index contributed by atoms with van der Waals surface area (Å²) in [6, 6.07) is 25.5. The van der Waals surface area contributed by atoms with E-state index in [4.69, 9.17) is 0 Å². The zero-order valence-electron chi connectivity index (χ0n) is 14.9. The average molecular weight is 373 g/mol. The lowest BCUT2D eigenvalue weighted by atomic mass is 10.2. The molecular formula is C22H19N3OS. The van der Waals surface area contributed by atoms with Crippen LogP contribution in [-0.4, -0.2) is 10.6 Å². The van der Waals surface area contributed by atoms with Crippen LogP contribution in [0.25, 0.3) is 10.2 Å². The Labute approximate surface area is 161 Å². The van der Waals surface area contributed by atoms with Crippen LogP contribution in [-0.2, 0) is 6.54 Å². The van der Waals surface area contributed by atoms with E-state index in [2.05, 4.69) is 52.1 Å². The van der Waals surface area contributed by atoms with Gasteiger partial charge in [-0.3, -0.25) is 0 Å². The predicted octanol–water partition coefficient (Wildman–Crippen LogP) is 5.19. The van der Waals surface area contributed by atoms with Gasteiger partial charge in [0, 0.05) is 5.69 Å². The maximum atomic E-state index is 12.4. The van der Waals surface area contributed by atoms with E-state index >= 15 is 0 Å². The SMILES string of the molecule is Cc1ccc2c(c1)s/c(=N\C(=O)Nc1ccccc1)n2Cc1ccccc1. The van der Waals surface area contributed by atoms with Gasteiger partial charge in [-0.15, -0.1) is 0 Å². The van der Waals surface area contributed by atoms with E-state index in [0.29, 0.717) is 11.3 Å². The first kappa shape index (κ1) is 17.2. The molecule has 4 rings (SSSR count). The van der Waals surface area contributed by atoms with Gasteiger partial charge in [0.1, 0.15) is 0 Å². The normalized spacial score (nSPS) is 11.7. The van der Waals surface area contributed by atoms with Crippen molar-refractivity contribution >= 4 is 33.3 Å². The number of urea groups is 1. The minimum atomic E-state index is -0.369. The molecule has 0 saturated carbocycles. The molecule has 0 spiro atoms. The quantitative estimate of drug-likeness (QED) is 0.528. The Hall–Kier alpha value is -3.18. The van der Waals surface area contributed by atoms with Crippen molar-refractivity contribution in [1.82, 2.24) is 4.57 Å². The average Bonchev–Trinajstić information content (AvgIpc) is 2.99. The highest BCUT2D eigenvalue weighted by Crippen LogP contribution is 2.20. The van der Waals surface area contributed by atoms with Gasteiger partial charge in [0.2, 0.25) is 0 Å². The van der Waals surface area contributed by atoms with Gasteiger partial charge in [-0.25, -0.2) is 4.79 Å². The molecule has 0 radical (unpaired) electrons. The van der Waals surface area contributed by atoms with Gasteiger partial charge >= 0.3 is 6.03 Å². The number of carbonyl (C=O) groups is 1. The third-order valence-electron chi connectivity index (χ3n) is 4.24. The van der Waals surface area contributed by atoms with E-state index < -0.39 is 0 Å². The zero-order valence-corrected chi connectivity index (χ0v) is 15.7. The molecule has 0 atom stereocenters. The lowest BCUT2D eigenvalue weighted by Gasteiger charge is -2.06. The number of hydrogen-bond acceptors (Lipinski definition) is 2. The van der Waals surface area contributed by atoms with Crippen molar-refractivity contribution in [2.45, 2.75) is 13.5 Å². The van der Waals surface area contributed by atoms with Gasteiger partial charge in [-0.2, -0.15) is 4.99 Å². The maximum absolute atomic E-state index is 12.4. The zero-order chi connectivity index (χ0) is 18.6. The molecule has 0 bridgehead atoms. The number of carbonyl (C=O) groups excluding carboxylic acids is 1. The van der Waals surface area contributed by atoms with E-state index in [9.17, 15) is 4.79 Å². The molecule has 1 N–H and O–H groups in total. The summed E-state index contributed by atoms with van der Waals surface area (Å²) in [6.45, 7) is 2.74. The number of hydrogen-bond donors (Lipinski definition) is 1. The van der Waals surface area contributed by atoms with Crippen molar-refractivity contribution < 1.29 is 4.79 Å². The third kappa shape index (κ3) is 3.99. The van der Waals surface area contributed by atoms with Crippen molar-refractivity contribution in [3.05, 3.63) is 94.8 Å². The second kappa shape index (κ2) is 7.60. The van der Waals surface area contributed by atoms with Crippen LogP contribution in [0.4, 0.5) is 10.5 Å². The lowest BCUT2D eigenvalue weighted by Crippen LogP contribution is -2.19. The van der Waals surface area contributed by atoms with Crippen molar-refractivity contribution in [3.63, 3.8) is 0 Å². The van der Waals surface area contributed by atoms with Gasteiger partial charge in [0.15, 0.2) is 4.80 Å². The van der Waals surface area contributed by atoms with E-state index in [1.807, 2.05) is 48.5 Å². The van der Waals surface area contributed by atoms with Crippen LogP contribution < -0.4 is 10.1 Å². The second-order valence-corrected chi connectivity index (χ2v) is 7.34. The van der Waals surface area contributed by atoms with Crippen LogP contribution in [0.3, 0.4) is 0 Å². The third-order valence-corrected chi connectivity index (χ3v) is 5.29. The number of rotatable bonds is 3. The molecule has 0 saturated heterocycles. The van der Waals surface area contributed by atoms with Crippen LogP contribution in [0.5, 0.6) is 0 Å². The summed E-state index contributed by atoms with van der Waals surface area (Å²) in [5.74, 6) is 0. The fraction of sp³-hybridized carbons (Fsp3) is 0.0909. The molecule has 0 aliphatic heterocycles. The van der Waals surface area contributed by atoms with Gasteiger partial charge in [-0.1, -0.05) is 65.9 Å². The Balaban J connectivity index is 1.76. The van der Waals surface area contributed by atoms with Crippen LogP contribution >= 0.6 is 11.3 Å². The molecule has 3 aromatic carbocycles. The highest BCUT2D eigenvalue weighted by atomic mass is 32.1. The van der Waals surface area contributed by atoms with E-state index in [1.54, 1.807) is 0 Å². The summed E-state index contributed by atoms with van der Waals surface area (Å²) in [5, 5.41) is 2.82. The highest BCUT2D eigenvalue weighted by Gasteiger charge is 2.09. The molecule has 0 fully saturated rings. The summed E-state index contributed by atoms with van der Waals surface area (Å²) in [7, 11) is 0. The number of nitrogens with one attached hydrogen (secondary N) is 1. The molecule has 27 heavy (non-hydrogen) atoms. The number of anilines is 1. The first-order valence-electron chi connectivity index (χ1n) is 8.74. The molecule has 5 heteroatoms. The molecular weight excluding hydrogens is 354 g/mol. The van der Waals surface area contributed by atoms with Crippen molar-refractivity contribution in [3.8, 4) is 0 Å². The number of thiazole rings is 1. The Morgan fingerprint density at radius 2 is 1.70 bits per heavy atom. The molecule has 134 valence electrons. The summed E-state index contributed by atoms with van der Waals surface area (Å²) >= 11 is 1.53. The van der Waals surface area contributed by atoms with Crippen molar-refractivity contribution in [2.24, 2.45) is 4.99 Å². The first-order chi connectivity index (χ1) is 13.2. The fourth-order valence-electron chi connectivity index (χ4n) is 2.94. The molecule has 1 heterocycles. The maximum Gasteiger partial charge on any atom is 0.348 e. The summed E-state index contributed by atoms with van der Waals surface area (Å²) in [4.78, 5) is 17.5. The predicted molar refractivity (Wildman–Crippen MR) is 111 cm³/mol. The highest BCUT2D eigenvalue weighted by molar-refractivity contribution is 7.16. The van der Waals surface area contributed by atoms with Crippen LogP contribution in [0.2, 0.25) is 0 Å². The Kier molecular flexibility index (Phi) is 4.85. The molecule has 0 unspecified atom stereocenters. The van der Waals surface area contributed by atoms with Gasteiger partial charge in [0.25, 0.3) is 0 Å². The monoisotopic (exact) mass is 373 g/mol. The largest absolute Gasteiger partial charge is 0.348 e. The molecule has 0 aliphatic carbocycles. The topological polar surface area (TPSA) is 46.4 Å². The van der Waals surface area contributed by atoms with Crippen LogP contribution in [0, 0.1) is 6.92 Å². The summed E-state index contributed by atoms with van der Waals surface area (Å²) in [5.41, 5.74) is 4.18. The van der Waals surface area contributed by atoms with E-state index in [-0.39, 0.29) is 6.03 Å². The smallest absolute Gasteiger partial charge is 0.312 e. The molecule has 0 aliphatic rings. The number of benzene rings is 3. The standard InChI is InChI=1S/C22H19N3OS/c1-16-12-13-19-20(14-16)27-22(25(19)15-17-8-4-2-5-9-17)24-21(26)23-18-10-6-3-7-11-18/h2-14H,15H2,1H3,(H,23,26)/b24-22-. The van der Waals surface area contributed by atoms with Gasteiger partial charge in [0.05, 0.1) is 16.8 Å². The molecule has 4 aromatic rings. The summed E-state index contributed by atoms with van der Waals surface area (Å²) < 4.78 is 3.22. The number of amides is 2. The Morgan fingerprint density at radius 1 is 1.00 bits per heavy atom. The number of nitrogens with zero attached hydrogens (tertiary/aromatic N) is 2. The molecule has 2 amide bonds. The summed E-state index contributed by atoms with van der Waals surface area (Å²) in [6.07, 6.45) is 0. The first-order valence-corrected chi connectivity index (χ1v) is 9.55. The number of fused-ring (bicyclic) bond motifs is 1. The van der Waals surface area contributed by atoms with Gasteiger partial charge < -0.3 is 9.88 Å².